The molecule has 1 N–H and O–H groups in total. The first kappa shape index (κ1) is 20.1. The molecule has 1 saturated heterocycles. The molecule has 0 radical (unpaired) electrons. The van der Waals surface area contributed by atoms with Crippen LogP contribution in [0, 0.1) is 6.92 Å². The molecular weight excluding hydrogens is 352 g/mol. The number of piperidine rings is 1. The van der Waals surface area contributed by atoms with E-state index in [0.29, 0.717) is 24.2 Å². The SMILES string of the molecule is CCC1CCCCN1C(=O)c1cc(C)nc(NCCc2ccccc2OC)n1. The zero-order chi connectivity index (χ0) is 19.9. The van der Waals surface area contributed by atoms with Gasteiger partial charge in [0.25, 0.3) is 5.91 Å². The third-order valence-electron chi connectivity index (χ3n) is 5.30. The van der Waals surface area contributed by atoms with E-state index in [2.05, 4.69) is 22.2 Å². The van der Waals surface area contributed by atoms with Crippen molar-refractivity contribution in [2.24, 2.45) is 0 Å². The Hall–Kier alpha value is -2.63. The van der Waals surface area contributed by atoms with E-state index < -0.39 is 0 Å². The van der Waals surface area contributed by atoms with Gasteiger partial charge in [0.2, 0.25) is 5.95 Å². The van der Waals surface area contributed by atoms with E-state index in [1.165, 1.54) is 6.42 Å². The summed E-state index contributed by atoms with van der Waals surface area (Å²) >= 11 is 0. The third-order valence-corrected chi connectivity index (χ3v) is 5.30. The van der Waals surface area contributed by atoms with Gasteiger partial charge >= 0.3 is 0 Å². The number of likely N-dealkylation sites (tertiary alicyclic amines) is 1. The Kier molecular flexibility index (Phi) is 6.85. The van der Waals surface area contributed by atoms with Crippen molar-refractivity contribution in [1.29, 1.82) is 0 Å². The molecule has 1 unspecified atom stereocenters. The highest BCUT2D eigenvalue weighted by molar-refractivity contribution is 5.93. The molecule has 1 aromatic heterocycles. The first-order valence-electron chi connectivity index (χ1n) is 10.1. The molecule has 1 amide bonds. The van der Waals surface area contributed by atoms with Gasteiger partial charge in [-0.25, -0.2) is 9.97 Å². The van der Waals surface area contributed by atoms with Crippen LogP contribution in [0.2, 0.25) is 0 Å². The first-order chi connectivity index (χ1) is 13.6. The highest BCUT2D eigenvalue weighted by atomic mass is 16.5. The van der Waals surface area contributed by atoms with E-state index in [0.717, 1.165) is 49.2 Å². The van der Waals surface area contributed by atoms with Crippen LogP contribution >= 0.6 is 0 Å². The van der Waals surface area contributed by atoms with E-state index in [1.807, 2.05) is 36.1 Å². The number of carbonyl (C=O) groups is 1. The highest BCUT2D eigenvalue weighted by Crippen LogP contribution is 2.22. The van der Waals surface area contributed by atoms with E-state index in [9.17, 15) is 4.79 Å². The summed E-state index contributed by atoms with van der Waals surface area (Å²) in [6.45, 7) is 5.53. The maximum Gasteiger partial charge on any atom is 0.272 e. The van der Waals surface area contributed by atoms with Crippen LogP contribution in [0.25, 0.3) is 0 Å². The van der Waals surface area contributed by atoms with Gasteiger partial charge in [-0.3, -0.25) is 4.79 Å². The number of aromatic nitrogens is 2. The minimum absolute atomic E-state index is 0.0184. The number of anilines is 1. The molecule has 0 spiro atoms. The molecule has 2 aromatic rings. The van der Waals surface area contributed by atoms with Gasteiger partial charge in [-0.2, -0.15) is 0 Å². The quantitative estimate of drug-likeness (QED) is 0.788. The van der Waals surface area contributed by atoms with E-state index in [4.69, 9.17) is 4.74 Å². The molecule has 0 bridgehead atoms. The smallest absolute Gasteiger partial charge is 0.272 e. The minimum atomic E-state index is 0.0184. The monoisotopic (exact) mass is 382 g/mol. The Bertz CT molecular complexity index is 809. The van der Waals surface area contributed by atoms with Crippen LogP contribution < -0.4 is 10.1 Å². The normalized spacial score (nSPS) is 16.7. The zero-order valence-electron chi connectivity index (χ0n) is 17.1. The van der Waals surface area contributed by atoms with Crippen molar-refractivity contribution in [3.8, 4) is 5.75 Å². The summed E-state index contributed by atoms with van der Waals surface area (Å²) < 4.78 is 5.40. The number of amides is 1. The van der Waals surface area contributed by atoms with Gasteiger partial charge in [0.05, 0.1) is 7.11 Å². The molecular formula is C22H30N4O2. The van der Waals surface area contributed by atoms with Gasteiger partial charge in [-0.05, 0) is 56.7 Å². The number of carbonyl (C=O) groups excluding carboxylic acids is 1. The number of aryl methyl sites for hydroxylation is 1. The van der Waals surface area contributed by atoms with E-state index >= 15 is 0 Å². The summed E-state index contributed by atoms with van der Waals surface area (Å²) in [5.74, 6) is 1.40. The number of ether oxygens (including phenoxy) is 1. The fourth-order valence-electron chi connectivity index (χ4n) is 3.82. The Morgan fingerprint density at radius 3 is 2.89 bits per heavy atom. The summed E-state index contributed by atoms with van der Waals surface area (Å²) in [4.78, 5) is 24.0. The number of hydrogen-bond donors (Lipinski definition) is 1. The van der Waals surface area contributed by atoms with Crippen LogP contribution in [0.1, 0.15) is 54.4 Å². The average molecular weight is 383 g/mol. The maximum atomic E-state index is 13.0. The minimum Gasteiger partial charge on any atom is -0.496 e. The average Bonchev–Trinajstić information content (AvgIpc) is 2.73. The molecule has 0 aliphatic carbocycles. The van der Waals surface area contributed by atoms with Crippen molar-refractivity contribution in [3.63, 3.8) is 0 Å². The van der Waals surface area contributed by atoms with Crippen LogP contribution in [-0.2, 0) is 6.42 Å². The van der Waals surface area contributed by atoms with Gasteiger partial charge in [-0.1, -0.05) is 25.1 Å². The molecule has 1 aromatic carbocycles. The summed E-state index contributed by atoms with van der Waals surface area (Å²) in [5, 5.41) is 3.26. The lowest BCUT2D eigenvalue weighted by atomic mass is 9.99. The van der Waals surface area contributed by atoms with E-state index in [1.54, 1.807) is 13.2 Å². The molecule has 3 rings (SSSR count). The number of para-hydroxylation sites is 1. The van der Waals surface area contributed by atoms with Crippen LogP contribution in [0.15, 0.2) is 30.3 Å². The van der Waals surface area contributed by atoms with Crippen LogP contribution in [0.4, 0.5) is 5.95 Å². The Morgan fingerprint density at radius 1 is 1.29 bits per heavy atom. The van der Waals surface area contributed by atoms with Crippen LogP contribution in [0.5, 0.6) is 5.75 Å². The lowest BCUT2D eigenvalue weighted by Gasteiger charge is -2.35. The number of methoxy groups -OCH3 is 1. The molecule has 1 aliphatic rings. The van der Waals surface area contributed by atoms with Crippen LogP contribution in [-0.4, -0.2) is 47.0 Å². The second-order valence-electron chi connectivity index (χ2n) is 7.26. The van der Waals surface area contributed by atoms with Crippen molar-refractivity contribution >= 4 is 11.9 Å². The summed E-state index contributed by atoms with van der Waals surface area (Å²) in [6, 6.07) is 10.1. The first-order valence-corrected chi connectivity index (χ1v) is 10.1. The van der Waals surface area contributed by atoms with Crippen molar-refractivity contribution in [2.45, 2.75) is 52.0 Å². The van der Waals surface area contributed by atoms with Crippen LogP contribution in [0.3, 0.4) is 0 Å². The van der Waals surface area contributed by atoms with Gasteiger partial charge in [0, 0.05) is 24.8 Å². The number of benzene rings is 1. The lowest BCUT2D eigenvalue weighted by molar-refractivity contribution is 0.0601. The summed E-state index contributed by atoms with van der Waals surface area (Å²) in [6.07, 6.45) is 5.11. The number of hydrogen-bond acceptors (Lipinski definition) is 5. The predicted molar refractivity (Wildman–Crippen MR) is 111 cm³/mol. The zero-order valence-corrected chi connectivity index (χ0v) is 17.1. The molecule has 1 fully saturated rings. The summed E-state index contributed by atoms with van der Waals surface area (Å²) in [7, 11) is 1.68. The molecule has 1 aliphatic heterocycles. The Morgan fingerprint density at radius 2 is 2.11 bits per heavy atom. The van der Waals surface area contributed by atoms with Gasteiger partial charge in [-0.15, -0.1) is 0 Å². The molecule has 28 heavy (non-hydrogen) atoms. The molecule has 2 heterocycles. The van der Waals surface area contributed by atoms with Crippen molar-refractivity contribution in [1.82, 2.24) is 14.9 Å². The topological polar surface area (TPSA) is 67.4 Å². The second kappa shape index (κ2) is 9.53. The summed E-state index contributed by atoms with van der Waals surface area (Å²) in [5.41, 5.74) is 2.40. The molecule has 6 heteroatoms. The molecule has 6 nitrogen and oxygen atoms in total. The maximum absolute atomic E-state index is 13.0. The lowest BCUT2D eigenvalue weighted by Crippen LogP contribution is -2.43. The fraction of sp³-hybridized carbons (Fsp3) is 0.500. The third kappa shape index (κ3) is 4.80. The number of rotatable bonds is 7. The Balaban J connectivity index is 1.68. The predicted octanol–water partition coefficient (Wildman–Crippen LogP) is 3.85. The fourth-order valence-corrected chi connectivity index (χ4v) is 3.82. The second-order valence-corrected chi connectivity index (χ2v) is 7.26. The van der Waals surface area contributed by atoms with Gasteiger partial charge in [0.1, 0.15) is 11.4 Å². The molecule has 1 atom stereocenters. The van der Waals surface area contributed by atoms with Gasteiger partial charge < -0.3 is 15.0 Å². The van der Waals surface area contributed by atoms with Crippen molar-refractivity contribution in [2.75, 3.05) is 25.5 Å². The van der Waals surface area contributed by atoms with Gasteiger partial charge in [0.15, 0.2) is 0 Å². The van der Waals surface area contributed by atoms with Crippen molar-refractivity contribution < 1.29 is 9.53 Å². The molecule has 0 saturated carbocycles. The number of nitrogens with zero attached hydrogens (tertiary/aromatic N) is 3. The largest absolute Gasteiger partial charge is 0.496 e. The number of nitrogens with one attached hydrogen (secondary N) is 1. The Labute approximate surface area is 167 Å². The molecule has 150 valence electrons. The van der Waals surface area contributed by atoms with E-state index in [-0.39, 0.29) is 5.91 Å². The highest BCUT2D eigenvalue weighted by Gasteiger charge is 2.27. The standard InChI is InChI=1S/C22H30N4O2/c1-4-18-10-7-8-14-26(18)21(27)19-15-16(2)24-22(25-19)23-13-12-17-9-5-6-11-20(17)28-3/h5-6,9,11,15,18H,4,7-8,10,12-14H2,1-3H3,(H,23,24,25). The van der Waals surface area contributed by atoms with Crippen molar-refractivity contribution in [3.05, 3.63) is 47.3 Å².